The average molecular weight is 398 g/mol. The summed E-state index contributed by atoms with van der Waals surface area (Å²) in [6.07, 6.45) is 10.5. The molecule has 2 N–H and O–H groups in total. The fourth-order valence-corrected chi connectivity index (χ4v) is 5.68. The van der Waals surface area contributed by atoms with Gasteiger partial charge in [-0.25, -0.2) is 4.79 Å². The van der Waals surface area contributed by atoms with Crippen LogP contribution in [0.5, 0.6) is 0 Å². The number of carbonyl (C=O) groups excluding carboxylic acids is 1. The molecule has 1 atom stereocenters. The Bertz CT molecular complexity index is 959. The van der Waals surface area contributed by atoms with Crippen LogP contribution in [-0.4, -0.2) is 34.5 Å². The lowest BCUT2D eigenvalue weighted by Crippen LogP contribution is -2.44. The summed E-state index contributed by atoms with van der Waals surface area (Å²) in [6.45, 7) is 2.92. The van der Waals surface area contributed by atoms with Crippen molar-refractivity contribution in [2.75, 3.05) is 13.1 Å². The number of hydrogen-bond donors (Lipinski definition) is 1. The van der Waals surface area contributed by atoms with Gasteiger partial charge in [-0.3, -0.25) is 14.3 Å². The van der Waals surface area contributed by atoms with Crippen molar-refractivity contribution < 1.29 is 9.21 Å². The number of nitrogens with zero attached hydrogens (tertiary/aromatic N) is 2. The Labute approximate surface area is 171 Å². The molecule has 29 heavy (non-hydrogen) atoms. The van der Waals surface area contributed by atoms with E-state index in [4.69, 9.17) is 10.2 Å². The molecule has 1 saturated heterocycles. The van der Waals surface area contributed by atoms with Crippen LogP contribution in [0.2, 0.25) is 0 Å². The van der Waals surface area contributed by atoms with Gasteiger partial charge in [0.15, 0.2) is 5.58 Å². The first kappa shape index (κ1) is 18.9. The van der Waals surface area contributed by atoms with Crippen LogP contribution in [0.3, 0.4) is 0 Å². The third kappa shape index (κ3) is 3.31. The largest absolute Gasteiger partial charge is 0.420 e. The van der Waals surface area contributed by atoms with Crippen molar-refractivity contribution in [3.63, 3.8) is 0 Å². The summed E-state index contributed by atoms with van der Waals surface area (Å²) in [5, 5.41) is 0. The van der Waals surface area contributed by atoms with E-state index >= 15 is 0 Å². The summed E-state index contributed by atoms with van der Waals surface area (Å²) in [7, 11) is 0. The van der Waals surface area contributed by atoms with Gasteiger partial charge in [0.1, 0.15) is 0 Å². The van der Waals surface area contributed by atoms with Gasteiger partial charge >= 0.3 is 5.76 Å². The predicted octanol–water partition coefficient (Wildman–Crippen LogP) is 3.16. The second kappa shape index (κ2) is 7.31. The highest BCUT2D eigenvalue weighted by molar-refractivity contribution is 5.91. The lowest BCUT2D eigenvalue weighted by Gasteiger charge is -2.36. The Morgan fingerprint density at radius 2 is 1.86 bits per heavy atom. The van der Waals surface area contributed by atoms with E-state index < -0.39 is 5.41 Å². The van der Waals surface area contributed by atoms with Gasteiger partial charge in [-0.2, -0.15) is 0 Å². The van der Waals surface area contributed by atoms with Crippen molar-refractivity contribution >= 4 is 17.0 Å². The van der Waals surface area contributed by atoms with Crippen molar-refractivity contribution in [2.45, 2.75) is 75.8 Å². The Hall–Kier alpha value is -2.08. The van der Waals surface area contributed by atoms with Gasteiger partial charge in [0.2, 0.25) is 5.91 Å². The van der Waals surface area contributed by atoms with Crippen LogP contribution in [-0.2, 0) is 16.8 Å². The van der Waals surface area contributed by atoms with Gasteiger partial charge in [-0.05, 0) is 75.2 Å². The number of oxazole rings is 1. The zero-order valence-electron chi connectivity index (χ0n) is 17.1. The second-order valence-electron chi connectivity index (χ2n) is 9.32. The number of aromatic nitrogens is 1. The predicted molar refractivity (Wildman–Crippen MR) is 112 cm³/mol. The minimum absolute atomic E-state index is 0.272. The molecule has 0 radical (unpaired) electrons. The van der Waals surface area contributed by atoms with Gasteiger partial charge in [0.05, 0.1) is 10.9 Å². The van der Waals surface area contributed by atoms with Crippen molar-refractivity contribution in [3.05, 3.63) is 34.3 Å². The topological polar surface area (TPSA) is 81.5 Å². The zero-order valence-corrected chi connectivity index (χ0v) is 17.1. The number of hydrogen-bond acceptors (Lipinski definition) is 4. The van der Waals surface area contributed by atoms with Crippen LogP contribution in [0, 0.1) is 5.92 Å². The van der Waals surface area contributed by atoms with Gasteiger partial charge in [-0.15, -0.1) is 0 Å². The number of nitrogens with two attached hydrogens (primary N) is 1. The molecule has 1 aromatic heterocycles. The number of carbonyl (C=O) groups is 1. The standard InChI is InChI=1S/C23H31N3O3/c24-21(27)23(10-11-23)17-8-9-20-18(14-17)26(22(28)29-20)15-19(25-12-4-5-13-25)16-6-2-1-3-7-16/h8-9,14,16,19H,1-7,10-13,15H2,(H2,24,27). The number of rotatable bonds is 6. The maximum Gasteiger partial charge on any atom is 0.420 e. The molecule has 2 saturated carbocycles. The van der Waals surface area contributed by atoms with Crippen LogP contribution in [0.4, 0.5) is 0 Å². The lowest BCUT2D eigenvalue weighted by molar-refractivity contribution is -0.120. The third-order valence-corrected chi connectivity index (χ3v) is 7.61. The van der Waals surface area contributed by atoms with Crippen LogP contribution < -0.4 is 11.5 Å². The molecule has 2 heterocycles. The molecule has 6 heteroatoms. The van der Waals surface area contributed by atoms with Gasteiger partial charge in [0.25, 0.3) is 0 Å². The maximum absolute atomic E-state index is 12.8. The van der Waals surface area contributed by atoms with E-state index in [1.807, 2.05) is 22.8 Å². The minimum atomic E-state index is -0.552. The van der Waals surface area contributed by atoms with Crippen LogP contribution >= 0.6 is 0 Å². The van der Waals surface area contributed by atoms with Crippen molar-refractivity contribution in [1.29, 1.82) is 0 Å². The Morgan fingerprint density at radius 3 is 2.52 bits per heavy atom. The molecule has 156 valence electrons. The molecule has 2 aromatic rings. The molecule has 1 unspecified atom stereocenters. The fraction of sp³-hybridized carbons (Fsp3) is 0.652. The Morgan fingerprint density at radius 1 is 1.14 bits per heavy atom. The molecule has 0 spiro atoms. The number of primary amides is 1. The summed E-state index contributed by atoms with van der Waals surface area (Å²) in [4.78, 5) is 27.4. The molecule has 5 rings (SSSR count). The van der Waals surface area contributed by atoms with E-state index in [1.54, 1.807) is 0 Å². The van der Waals surface area contributed by atoms with Gasteiger partial charge in [0, 0.05) is 12.6 Å². The van der Waals surface area contributed by atoms with Crippen molar-refractivity contribution in [2.24, 2.45) is 11.7 Å². The molecule has 1 aromatic carbocycles. The van der Waals surface area contributed by atoms with Gasteiger partial charge < -0.3 is 10.2 Å². The normalized spacial score (nSPS) is 23.4. The number of fused-ring (bicyclic) bond motifs is 1. The summed E-state index contributed by atoms with van der Waals surface area (Å²) in [5.74, 6) is 0.0785. The van der Waals surface area contributed by atoms with Crippen LogP contribution in [0.1, 0.15) is 63.4 Å². The fourth-order valence-electron chi connectivity index (χ4n) is 5.68. The summed E-state index contributed by atoms with van der Waals surface area (Å²) >= 11 is 0. The average Bonchev–Trinajstić information content (AvgIpc) is 3.26. The monoisotopic (exact) mass is 397 g/mol. The van der Waals surface area contributed by atoms with E-state index in [1.165, 1.54) is 44.9 Å². The molecule has 6 nitrogen and oxygen atoms in total. The minimum Gasteiger partial charge on any atom is -0.408 e. The van der Waals surface area contributed by atoms with E-state index in [9.17, 15) is 9.59 Å². The molecular weight excluding hydrogens is 366 g/mol. The van der Waals surface area contributed by atoms with Crippen LogP contribution in [0.25, 0.3) is 11.1 Å². The highest BCUT2D eigenvalue weighted by Gasteiger charge is 2.50. The summed E-state index contributed by atoms with van der Waals surface area (Å²) in [6, 6.07) is 6.08. The van der Waals surface area contributed by atoms with E-state index in [0.29, 0.717) is 24.1 Å². The maximum atomic E-state index is 12.8. The van der Waals surface area contributed by atoms with Crippen LogP contribution in [0.15, 0.2) is 27.4 Å². The molecule has 1 amide bonds. The summed E-state index contributed by atoms with van der Waals surface area (Å²) < 4.78 is 7.38. The second-order valence-corrected chi connectivity index (χ2v) is 9.32. The SMILES string of the molecule is NC(=O)C1(c2ccc3oc(=O)n(CC(C4CCCCC4)N4CCCC4)c3c2)CC1. The number of likely N-dealkylation sites (tertiary alicyclic amines) is 1. The molecule has 3 fully saturated rings. The number of amides is 1. The van der Waals surface area contributed by atoms with Gasteiger partial charge in [-0.1, -0.05) is 25.3 Å². The highest BCUT2D eigenvalue weighted by atomic mass is 16.4. The van der Waals surface area contributed by atoms with Crippen molar-refractivity contribution in [1.82, 2.24) is 9.47 Å². The molecular formula is C23H31N3O3. The quantitative estimate of drug-likeness (QED) is 0.812. The molecule has 0 bridgehead atoms. The highest BCUT2D eigenvalue weighted by Crippen LogP contribution is 2.48. The smallest absolute Gasteiger partial charge is 0.408 e. The zero-order chi connectivity index (χ0) is 20.0. The first-order valence-corrected chi connectivity index (χ1v) is 11.3. The van der Waals surface area contributed by atoms with E-state index in [-0.39, 0.29) is 11.7 Å². The van der Waals surface area contributed by atoms with E-state index in [0.717, 1.165) is 37.0 Å². The van der Waals surface area contributed by atoms with E-state index in [2.05, 4.69) is 4.90 Å². The Balaban J connectivity index is 1.51. The molecule has 3 aliphatic rings. The molecule has 1 aliphatic heterocycles. The van der Waals surface area contributed by atoms with Crippen molar-refractivity contribution in [3.8, 4) is 0 Å². The lowest BCUT2D eigenvalue weighted by atomic mass is 9.83. The number of benzene rings is 1. The molecule has 2 aliphatic carbocycles. The Kier molecular flexibility index (Phi) is 4.77. The first-order chi connectivity index (χ1) is 14.1. The third-order valence-electron chi connectivity index (χ3n) is 7.61. The first-order valence-electron chi connectivity index (χ1n) is 11.3. The summed E-state index contributed by atoms with van der Waals surface area (Å²) in [5.41, 5.74) is 7.45.